The number of nitrogens with one attached hydrogen (secondary N) is 2. The van der Waals surface area contributed by atoms with Gasteiger partial charge in [-0.1, -0.05) is 11.2 Å². The number of guanidine groups is 1. The molecule has 0 atom stereocenters. The first-order chi connectivity index (χ1) is 12.3. The molecule has 142 valence electrons. The highest BCUT2D eigenvalue weighted by Gasteiger charge is 2.11. The van der Waals surface area contributed by atoms with Crippen LogP contribution in [0, 0.1) is 12.7 Å². The third kappa shape index (κ3) is 6.43. The summed E-state index contributed by atoms with van der Waals surface area (Å²) >= 11 is 0. The molecule has 26 heavy (non-hydrogen) atoms. The lowest BCUT2D eigenvalue weighted by atomic mass is 10.1. The van der Waals surface area contributed by atoms with Crippen LogP contribution < -0.4 is 10.6 Å². The van der Waals surface area contributed by atoms with Crippen LogP contribution in [-0.4, -0.2) is 37.3 Å². The van der Waals surface area contributed by atoms with Gasteiger partial charge in [-0.25, -0.2) is 17.8 Å². The predicted octanol–water partition coefficient (Wildman–Crippen LogP) is 1.32. The maximum Gasteiger partial charge on any atom is 0.246 e. The van der Waals surface area contributed by atoms with Crippen LogP contribution in [0.15, 0.2) is 27.7 Å². The Morgan fingerprint density at radius 1 is 1.31 bits per heavy atom. The molecule has 0 spiro atoms. The van der Waals surface area contributed by atoms with Crippen LogP contribution in [0.5, 0.6) is 0 Å². The Morgan fingerprint density at radius 2 is 2.08 bits per heavy atom. The van der Waals surface area contributed by atoms with Crippen LogP contribution in [0.3, 0.4) is 0 Å². The zero-order valence-electron chi connectivity index (χ0n) is 14.9. The third-order valence-electron chi connectivity index (χ3n) is 3.31. The van der Waals surface area contributed by atoms with Crippen LogP contribution in [0.2, 0.25) is 0 Å². The summed E-state index contributed by atoms with van der Waals surface area (Å²) in [4.78, 5) is 8.47. The van der Waals surface area contributed by atoms with Gasteiger partial charge in [0.2, 0.25) is 5.89 Å². The zero-order chi connectivity index (χ0) is 19.2. The number of benzene rings is 1. The largest absolute Gasteiger partial charge is 0.357 e. The summed E-state index contributed by atoms with van der Waals surface area (Å²) in [6.07, 6.45) is 1.14. The number of hydrogen-bond acceptors (Lipinski definition) is 6. The van der Waals surface area contributed by atoms with Crippen molar-refractivity contribution in [3.05, 3.63) is 46.9 Å². The second-order valence-corrected chi connectivity index (χ2v) is 7.91. The van der Waals surface area contributed by atoms with Crippen LogP contribution in [0.4, 0.5) is 4.39 Å². The summed E-state index contributed by atoms with van der Waals surface area (Å²) in [6.45, 7) is 4.66. The topological polar surface area (TPSA) is 109 Å². The summed E-state index contributed by atoms with van der Waals surface area (Å²) in [5.74, 6) is 0.818. The minimum Gasteiger partial charge on any atom is -0.357 e. The molecule has 0 saturated carbocycles. The Labute approximate surface area is 151 Å². The molecule has 2 N–H and O–H groups in total. The van der Waals surface area contributed by atoms with E-state index < -0.39 is 15.7 Å². The SMILES string of the molecule is CCNC(=NCc1cc(F)ccc1CS(C)(=O)=O)NCc1nc(C)no1. The average Bonchev–Trinajstić information content (AvgIpc) is 2.96. The standard InChI is InChI=1S/C16H22FN5O3S/c1-4-18-16(20-9-15-21-11(2)22-25-15)19-8-13-7-14(17)6-5-12(13)10-26(3,23)24/h5-7H,4,8-10H2,1-3H3,(H2,18,19,20). The lowest BCUT2D eigenvalue weighted by molar-refractivity contribution is 0.371. The van der Waals surface area contributed by atoms with Crippen molar-refractivity contribution in [1.82, 2.24) is 20.8 Å². The van der Waals surface area contributed by atoms with Gasteiger partial charge in [0.05, 0.1) is 18.8 Å². The van der Waals surface area contributed by atoms with E-state index in [4.69, 9.17) is 4.52 Å². The molecule has 0 bridgehead atoms. The number of aromatic nitrogens is 2. The highest BCUT2D eigenvalue weighted by Crippen LogP contribution is 2.15. The summed E-state index contributed by atoms with van der Waals surface area (Å²) in [6, 6.07) is 4.02. The fourth-order valence-corrected chi connectivity index (χ4v) is 3.09. The number of sulfone groups is 1. The Morgan fingerprint density at radius 3 is 2.69 bits per heavy atom. The Bertz CT molecular complexity index is 880. The van der Waals surface area contributed by atoms with Crippen LogP contribution >= 0.6 is 0 Å². The number of hydrogen-bond donors (Lipinski definition) is 2. The molecule has 1 aromatic heterocycles. The van der Waals surface area contributed by atoms with Gasteiger partial charge in [-0.2, -0.15) is 4.98 Å². The molecule has 1 aromatic carbocycles. The minimum atomic E-state index is -3.24. The highest BCUT2D eigenvalue weighted by atomic mass is 32.2. The van der Waals surface area contributed by atoms with Gasteiger partial charge in [0.1, 0.15) is 5.82 Å². The molecule has 2 rings (SSSR count). The maximum absolute atomic E-state index is 13.6. The predicted molar refractivity (Wildman–Crippen MR) is 95.6 cm³/mol. The zero-order valence-corrected chi connectivity index (χ0v) is 15.7. The van der Waals surface area contributed by atoms with E-state index in [0.717, 1.165) is 6.26 Å². The summed E-state index contributed by atoms with van der Waals surface area (Å²) in [5.41, 5.74) is 1.04. The van der Waals surface area contributed by atoms with Gasteiger partial charge in [0.25, 0.3) is 0 Å². The molecule has 10 heteroatoms. The molecule has 0 unspecified atom stereocenters. The van der Waals surface area contributed by atoms with Gasteiger partial charge in [-0.15, -0.1) is 0 Å². The van der Waals surface area contributed by atoms with Gasteiger partial charge in [-0.3, -0.25) is 0 Å². The van der Waals surface area contributed by atoms with E-state index >= 15 is 0 Å². The summed E-state index contributed by atoms with van der Waals surface area (Å²) < 4.78 is 41.7. The fourth-order valence-electron chi connectivity index (χ4n) is 2.24. The smallest absolute Gasteiger partial charge is 0.246 e. The van der Waals surface area contributed by atoms with E-state index in [1.165, 1.54) is 18.2 Å². The summed E-state index contributed by atoms with van der Waals surface area (Å²) in [7, 11) is -3.24. The van der Waals surface area contributed by atoms with Crippen molar-refractivity contribution < 1.29 is 17.3 Å². The van der Waals surface area contributed by atoms with Gasteiger partial charge >= 0.3 is 0 Å². The molecule has 0 aliphatic carbocycles. The van der Waals surface area contributed by atoms with E-state index in [2.05, 4.69) is 25.8 Å². The van der Waals surface area contributed by atoms with Gasteiger partial charge in [-0.05, 0) is 37.1 Å². The van der Waals surface area contributed by atoms with Gasteiger partial charge < -0.3 is 15.2 Å². The van der Waals surface area contributed by atoms with Crippen LogP contribution in [0.25, 0.3) is 0 Å². The van der Waals surface area contributed by atoms with E-state index in [9.17, 15) is 12.8 Å². The Balaban J connectivity index is 2.13. The van der Waals surface area contributed by atoms with Crippen LogP contribution in [0.1, 0.15) is 29.8 Å². The van der Waals surface area contributed by atoms with Gasteiger partial charge in [0, 0.05) is 12.8 Å². The normalized spacial score (nSPS) is 12.2. The number of aryl methyl sites for hydroxylation is 1. The van der Waals surface area contributed by atoms with Crippen molar-refractivity contribution in [3.8, 4) is 0 Å². The molecule has 0 aliphatic heterocycles. The van der Waals surface area contributed by atoms with Crippen molar-refractivity contribution in [2.45, 2.75) is 32.7 Å². The Kier molecular flexibility index (Phi) is 6.67. The van der Waals surface area contributed by atoms with Crippen molar-refractivity contribution in [2.24, 2.45) is 4.99 Å². The maximum atomic E-state index is 13.6. The molecule has 0 saturated heterocycles. The molecule has 2 aromatic rings. The van der Waals surface area contributed by atoms with Crippen molar-refractivity contribution >= 4 is 15.8 Å². The number of aliphatic imine (C=N–C) groups is 1. The minimum absolute atomic E-state index is 0.126. The van der Waals surface area contributed by atoms with Gasteiger partial charge in [0.15, 0.2) is 21.6 Å². The lowest BCUT2D eigenvalue weighted by Crippen LogP contribution is -2.36. The van der Waals surface area contributed by atoms with Crippen molar-refractivity contribution in [2.75, 3.05) is 12.8 Å². The molecular formula is C16H22FN5O3S. The van der Waals surface area contributed by atoms with E-state index in [1.807, 2.05) is 6.92 Å². The van der Waals surface area contributed by atoms with Crippen molar-refractivity contribution in [3.63, 3.8) is 0 Å². The molecule has 0 radical (unpaired) electrons. The molecule has 0 amide bonds. The second kappa shape index (κ2) is 8.75. The Hall–Kier alpha value is -2.49. The number of halogens is 1. The summed E-state index contributed by atoms with van der Waals surface area (Å²) in [5, 5.41) is 9.79. The first-order valence-corrected chi connectivity index (χ1v) is 10.1. The number of rotatable bonds is 7. The molecule has 0 fully saturated rings. The molecule has 1 heterocycles. The third-order valence-corrected chi connectivity index (χ3v) is 4.15. The molecule has 8 nitrogen and oxygen atoms in total. The van der Waals surface area contributed by atoms with Crippen molar-refractivity contribution in [1.29, 1.82) is 0 Å². The van der Waals surface area contributed by atoms with E-state index in [1.54, 1.807) is 6.92 Å². The average molecular weight is 383 g/mol. The molecular weight excluding hydrogens is 361 g/mol. The quantitative estimate of drug-likeness (QED) is 0.548. The second-order valence-electron chi connectivity index (χ2n) is 5.77. The highest BCUT2D eigenvalue weighted by molar-refractivity contribution is 7.89. The van der Waals surface area contributed by atoms with E-state index in [0.29, 0.717) is 35.3 Å². The fraction of sp³-hybridized carbons (Fsp3) is 0.438. The first kappa shape index (κ1) is 19.8. The number of nitrogens with zero attached hydrogens (tertiary/aromatic N) is 3. The first-order valence-electron chi connectivity index (χ1n) is 8.03. The molecule has 0 aliphatic rings. The van der Waals surface area contributed by atoms with Crippen LogP contribution in [-0.2, 0) is 28.7 Å². The lowest BCUT2D eigenvalue weighted by Gasteiger charge is -2.11. The van der Waals surface area contributed by atoms with E-state index in [-0.39, 0.29) is 18.8 Å². The monoisotopic (exact) mass is 383 g/mol.